The lowest BCUT2D eigenvalue weighted by Crippen LogP contribution is -2.09. The molecular weight excluding hydrogens is 224 g/mol. The molecule has 0 radical (unpaired) electrons. The second-order valence-corrected chi connectivity index (χ2v) is 3.61. The van der Waals surface area contributed by atoms with E-state index in [4.69, 9.17) is 0 Å². The molecule has 88 valence electrons. The first kappa shape index (κ1) is 11.1. The molecule has 0 bridgehead atoms. The molecule has 1 heterocycles. The van der Waals surface area contributed by atoms with Crippen LogP contribution in [0.4, 0.5) is 10.5 Å². The predicted octanol–water partition coefficient (Wildman–Crippen LogP) is 2.47. The zero-order valence-corrected chi connectivity index (χ0v) is 9.34. The Morgan fingerprint density at radius 2 is 2.18 bits per heavy atom. The van der Waals surface area contributed by atoms with E-state index in [1.165, 1.54) is 23.9 Å². The number of nitro benzene ring substituents is 1. The maximum atomic E-state index is 11.4. The van der Waals surface area contributed by atoms with E-state index in [1.807, 2.05) is 0 Å². The van der Waals surface area contributed by atoms with Crippen LogP contribution in [0.3, 0.4) is 0 Å². The highest BCUT2D eigenvalue weighted by atomic mass is 16.6. The smallest absolute Gasteiger partial charge is 0.418 e. The molecule has 0 saturated carbocycles. The van der Waals surface area contributed by atoms with Gasteiger partial charge in [0.1, 0.15) is 0 Å². The molecule has 1 aromatic carbocycles. The topological polar surface area (TPSA) is 74.4 Å². The Bertz CT molecular complexity index is 615. The van der Waals surface area contributed by atoms with Crippen molar-refractivity contribution in [2.24, 2.45) is 0 Å². The van der Waals surface area contributed by atoms with Gasteiger partial charge in [-0.05, 0) is 19.1 Å². The summed E-state index contributed by atoms with van der Waals surface area (Å²) < 4.78 is 5.83. The van der Waals surface area contributed by atoms with Gasteiger partial charge >= 0.3 is 6.09 Å². The number of hydrogen-bond acceptors (Lipinski definition) is 4. The molecule has 0 aliphatic rings. The standard InChI is InChI=1S/C11H10N2O4/c1-7-5-8-3-4-12(11(14)17-2)10(8)6-9(7)13(15)16/h3-6H,1-2H3. The highest BCUT2D eigenvalue weighted by molar-refractivity contribution is 5.91. The number of nitrogens with zero attached hydrogens (tertiary/aromatic N) is 2. The number of rotatable bonds is 1. The molecule has 0 amide bonds. The number of carbonyl (C=O) groups is 1. The average Bonchev–Trinajstić information content (AvgIpc) is 2.69. The first-order valence-electron chi connectivity index (χ1n) is 4.89. The summed E-state index contributed by atoms with van der Waals surface area (Å²) >= 11 is 0. The molecule has 0 aliphatic heterocycles. The van der Waals surface area contributed by atoms with Crippen molar-refractivity contribution >= 4 is 22.7 Å². The van der Waals surface area contributed by atoms with Crippen LogP contribution in [-0.2, 0) is 4.74 Å². The van der Waals surface area contributed by atoms with Gasteiger partial charge in [0.05, 0.1) is 17.5 Å². The molecular formula is C11H10N2O4. The van der Waals surface area contributed by atoms with E-state index in [0.29, 0.717) is 11.1 Å². The van der Waals surface area contributed by atoms with Gasteiger partial charge < -0.3 is 4.74 Å². The highest BCUT2D eigenvalue weighted by Gasteiger charge is 2.16. The molecule has 0 fully saturated rings. The Labute approximate surface area is 96.6 Å². The van der Waals surface area contributed by atoms with Gasteiger partial charge in [0.25, 0.3) is 5.69 Å². The lowest BCUT2D eigenvalue weighted by molar-refractivity contribution is -0.385. The van der Waals surface area contributed by atoms with E-state index < -0.39 is 11.0 Å². The summed E-state index contributed by atoms with van der Waals surface area (Å²) in [6, 6.07) is 4.76. The Morgan fingerprint density at radius 3 is 2.76 bits per heavy atom. The number of fused-ring (bicyclic) bond motifs is 1. The maximum absolute atomic E-state index is 11.4. The number of aromatic nitrogens is 1. The number of carbonyl (C=O) groups excluding carboxylic acids is 1. The zero-order valence-electron chi connectivity index (χ0n) is 9.34. The Morgan fingerprint density at radius 1 is 1.47 bits per heavy atom. The quantitative estimate of drug-likeness (QED) is 0.561. The van der Waals surface area contributed by atoms with Crippen LogP contribution in [0.25, 0.3) is 10.9 Å². The Kier molecular flexibility index (Phi) is 2.55. The summed E-state index contributed by atoms with van der Waals surface area (Å²) in [4.78, 5) is 21.8. The van der Waals surface area contributed by atoms with Crippen LogP contribution in [0.5, 0.6) is 0 Å². The van der Waals surface area contributed by atoms with E-state index in [9.17, 15) is 14.9 Å². The van der Waals surface area contributed by atoms with Gasteiger partial charge in [0.15, 0.2) is 0 Å². The fraction of sp³-hybridized carbons (Fsp3) is 0.182. The summed E-state index contributed by atoms with van der Waals surface area (Å²) in [7, 11) is 1.26. The van der Waals surface area contributed by atoms with Crippen LogP contribution in [0.2, 0.25) is 0 Å². The molecule has 0 atom stereocenters. The van der Waals surface area contributed by atoms with Gasteiger partial charge in [-0.15, -0.1) is 0 Å². The third-order valence-electron chi connectivity index (χ3n) is 2.58. The lowest BCUT2D eigenvalue weighted by atomic mass is 10.1. The highest BCUT2D eigenvalue weighted by Crippen LogP contribution is 2.26. The fourth-order valence-corrected chi connectivity index (χ4v) is 1.74. The van der Waals surface area contributed by atoms with Crippen molar-refractivity contribution in [1.82, 2.24) is 4.57 Å². The Balaban J connectivity index is 2.71. The van der Waals surface area contributed by atoms with Crippen molar-refractivity contribution in [1.29, 1.82) is 0 Å². The summed E-state index contributed by atoms with van der Waals surface area (Å²) in [6.45, 7) is 1.66. The number of hydrogen-bond donors (Lipinski definition) is 0. The predicted molar refractivity (Wildman–Crippen MR) is 61.1 cm³/mol. The van der Waals surface area contributed by atoms with Crippen molar-refractivity contribution in [2.75, 3.05) is 7.11 Å². The largest absolute Gasteiger partial charge is 0.452 e. The van der Waals surface area contributed by atoms with E-state index in [-0.39, 0.29) is 5.69 Å². The average molecular weight is 234 g/mol. The molecule has 2 aromatic rings. The van der Waals surface area contributed by atoms with Gasteiger partial charge in [-0.25, -0.2) is 4.79 Å². The van der Waals surface area contributed by atoms with Gasteiger partial charge in [-0.3, -0.25) is 14.7 Å². The zero-order chi connectivity index (χ0) is 12.6. The molecule has 0 aliphatic carbocycles. The second-order valence-electron chi connectivity index (χ2n) is 3.61. The van der Waals surface area contributed by atoms with Crippen molar-refractivity contribution < 1.29 is 14.5 Å². The lowest BCUT2D eigenvalue weighted by Gasteiger charge is -2.03. The van der Waals surface area contributed by atoms with Gasteiger partial charge in [0, 0.05) is 23.2 Å². The summed E-state index contributed by atoms with van der Waals surface area (Å²) in [5.41, 5.74) is 1.01. The molecule has 0 saturated heterocycles. The number of aryl methyl sites for hydroxylation is 1. The van der Waals surface area contributed by atoms with Crippen LogP contribution >= 0.6 is 0 Å². The number of ether oxygens (including phenoxy) is 1. The van der Waals surface area contributed by atoms with Crippen molar-refractivity contribution in [2.45, 2.75) is 6.92 Å². The summed E-state index contributed by atoms with van der Waals surface area (Å²) in [5.74, 6) is 0. The normalized spacial score (nSPS) is 10.5. The van der Waals surface area contributed by atoms with Gasteiger partial charge in [-0.2, -0.15) is 0 Å². The summed E-state index contributed by atoms with van der Waals surface area (Å²) in [5, 5.41) is 11.6. The number of nitro groups is 1. The second kappa shape index (κ2) is 3.89. The molecule has 1 aromatic heterocycles. The fourth-order valence-electron chi connectivity index (χ4n) is 1.74. The molecule has 0 unspecified atom stereocenters. The number of methoxy groups -OCH3 is 1. The first-order chi connectivity index (χ1) is 8.04. The minimum atomic E-state index is -0.571. The third-order valence-corrected chi connectivity index (χ3v) is 2.58. The van der Waals surface area contributed by atoms with Crippen molar-refractivity contribution in [3.05, 3.63) is 40.1 Å². The van der Waals surface area contributed by atoms with Crippen LogP contribution in [0.1, 0.15) is 5.56 Å². The molecule has 6 heteroatoms. The maximum Gasteiger partial charge on any atom is 0.418 e. The van der Waals surface area contributed by atoms with Crippen LogP contribution in [0, 0.1) is 17.0 Å². The minimum Gasteiger partial charge on any atom is -0.452 e. The SMILES string of the molecule is COC(=O)n1ccc2cc(C)c([N+](=O)[O-])cc21. The number of benzene rings is 1. The van der Waals surface area contributed by atoms with E-state index in [2.05, 4.69) is 4.74 Å². The van der Waals surface area contributed by atoms with Gasteiger partial charge in [0.2, 0.25) is 0 Å². The van der Waals surface area contributed by atoms with Crippen LogP contribution < -0.4 is 0 Å². The van der Waals surface area contributed by atoms with Crippen LogP contribution in [-0.4, -0.2) is 22.7 Å². The van der Waals surface area contributed by atoms with Crippen molar-refractivity contribution in [3.63, 3.8) is 0 Å². The first-order valence-corrected chi connectivity index (χ1v) is 4.89. The molecule has 17 heavy (non-hydrogen) atoms. The van der Waals surface area contributed by atoms with E-state index in [1.54, 1.807) is 19.1 Å². The van der Waals surface area contributed by atoms with Crippen molar-refractivity contribution in [3.8, 4) is 0 Å². The monoisotopic (exact) mass is 234 g/mol. The van der Waals surface area contributed by atoms with E-state index >= 15 is 0 Å². The molecule has 2 rings (SSSR count). The van der Waals surface area contributed by atoms with Crippen LogP contribution in [0.15, 0.2) is 24.4 Å². The molecule has 0 spiro atoms. The molecule has 0 N–H and O–H groups in total. The van der Waals surface area contributed by atoms with Gasteiger partial charge in [-0.1, -0.05) is 0 Å². The summed E-state index contributed by atoms with van der Waals surface area (Å²) in [6.07, 6.45) is 0.956. The minimum absolute atomic E-state index is 0.0126. The third kappa shape index (κ3) is 1.73. The Hall–Kier alpha value is -2.37. The molecule has 6 nitrogen and oxygen atoms in total. The van der Waals surface area contributed by atoms with E-state index in [0.717, 1.165) is 5.39 Å².